The van der Waals surface area contributed by atoms with Gasteiger partial charge < -0.3 is 10.4 Å². The van der Waals surface area contributed by atoms with Crippen LogP contribution in [0.2, 0.25) is 0 Å². The van der Waals surface area contributed by atoms with E-state index in [1.165, 1.54) is 0 Å². The summed E-state index contributed by atoms with van der Waals surface area (Å²) in [5.74, 6) is -1.24. The Hall–Kier alpha value is -1.86. The number of halogens is 3. The molecule has 1 aromatic heterocycles. The number of anilines is 1. The fraction of sp³-hybridized carbons (Fsp3) is 0.500. The summed E-state index contributed by atoms with van der Waals surface area (Å²) in [6.07, 6.45) is -3.38. The third-order valence-corrected chi connectivity index (χ3v) is 2.01. The molecule has 0 aliphatic heterocycles. The number of hydrogen-bond donors (Lipinski definition) is 2. The molecule has 8 heteroatoms. The number of carboxylic acids is 1. The molecule has 0 saturated heterocycles. The monoisotopic (exact) mass is 263 g/mol. The molecule has 2 N–H and O–H groups in total. The van der Waals surface area contributed by atoms with E-state index < -0.39 is 24.4 Å². The van der Waals surface area contributed by atoms with Crippen LogP contribution in [0.1, 0.15) is 36.1 Å². The van der Waals surface area contributed by atoms with Gasteiger partial charge in [0, 0.05) is 5.92 Å². The maximum atomic E-state index is 12.0. The van der Waals surface area contributed by atoms with Crippen molar-refractivity contribution in [2.75, 3.05) is 11.9 Å². The van der Waals surface area contributed by atoms with Crippen molar-refractivity contribution >= 4 is 11.7 Å². The molecular formula is C10H12F3N3O2. The molecule has 5 nitrogen and oxygen atoms in total. The highest BCUT2D eigenvalue weighted by Crippen LogP contribution is 2.19. The summed E-state index contributed by atoms with van der Waals surface area (Å²) in [5, 5.41) is 10.9. The summed E-state index contributed by atoms with van der Waals surface area (Å²) in [4.78, 5) is 18.5. The molecule has 0 bridgehead atoms. The predicted octanol–water partition coefficient (Wildman–Crippen LogP) is 2.27. The van der Waals surface area contributed by atoms with Gasteiger partial charge in [-0.25, -0.2) is 14.8 Å². The van der Waals surface area contributed by atoms with Gasteiger partial charge in [-0.3, -0.25) is 0 Å². The average Bonchev–Trinajstić information content (AvgIpc) is 2.24. The summed E-state index contributed by atoms with van der Waals surface area (Å²) < 4.78 is 36.1. The molecule has 0 saturated carbocycles. The van der Waals surface area contributed by atoms with Crippen LogP contribution in [0.25, 0.3) is 0 Å². The topological polar surface area (TPSA) is 75.1 Å². The maximum absolute atomic E-state index is 12.0. The molecule has 1 rings (SSSR count). The van der Waals surface area contributed by atoms with E-state index in [1.54, 1.807) is 13.8 Å². The van der Waals surface area contributed by atoms with Crippen molar-refractivity contribution in [2.45, 2.75) is 25.9 Å². The minimum Gasteiger partial charge on any atom is -0.476 e. The Balaban J connectivity index is 3.01. The minimum atomic E-state index is -4.44. The van der Waals surface area contributed by atoms with Gasteiger partial charge in [-0.05, 0) is 0 Å². The van der Waals surface area contributed by atoms with Crippen LogP contribution in [-0.4, -0.2) is 33.8 Å². The highest BCUT2D eigenvalue weighted by Gasteiger charge is 2.28. The van der Waals surface area contributed by atoms with E-state index in [-0.39, 0.29) is 17.4 Å². The van der Waals surface area contributed by atoms with Crippen molar-refractivity contribution in [2.24, 2.45) is 0 Å². The van der Waals surface area contributed by atoms with Gasteiger partial charge >= 0.3 is 12.1 Å². The first-order valence-corrected chi connectivity index (χ1v) is 5.11. The van der Waals surface area contributed by atoms with Crippen LogP contribution in [0.15, 0.2) is 6.20 Å². The molecule has 0 aromatic carbocycles. The van der Waals surface area contributed by atoms with Crippen LogP contribution in [0.3, 0.4) is 0 Å². The number of alkyl halides is 3. The number of aromatic carboxylic acids is 1. The lowest BCUT2D eigenvalue weighted by atomic mass is 10.2. The molecule has 0 radical (unpaired) electrons. The zero-order valence-electron chi connectivity index (χ0n) is 9.75. The normalized spacial score (nSPS) is 11.7. The van der Waals surface area contributed by atoms with E-state index in [0.29, 0.717) is 0 Å². The highest BCUT2D eigenvalue weighted by atomic mass is 19.4. The Morgan fingerprint density at radius 3 is 2.56 bits per heavy atom. The second-order valence-electron chi connectivity index (χ2n) is 3.92. The summed E-state index contributed by atoms with van der Waals surface area (Å²) in [7, 11) is 0. The van der Waals surface area contributed by atoms with Crippen LogP contribution < -0.4 is 5.32 Å². The lowest BCUT2D eigenvalue weighted by Gasteiger charge is -2.12. The highest BCUT2D eigenvalue weighted by molar-refractivity contribution is 5.91. The zero-order chi connectivity index (χ0) is 13.9. The Morgan fingerprint density at radius 1 is 1.50 bits per heavy atom. The molecule has 18 heavy (non-hydrogen) atoms. The number of aromatic nitrogens is 2. The van der Waals surface area contributed by atoms with E-state index >= 15 is 0 Å². The predicted molar refractivity (Wildman–Crippen MR) is 57.6 cm³/mol. The fourth-order valence-corrected chi connectivity index (χ4v) is 1.16. The Morgan fingerprint density at radius 2 is 2.11 bits per heavy atom. The largest absolute Gasteiger partial charge is 0.476 e. The summed E-state index contributed by atoms with van der Waals surface area (Å²) in [6.45, 7) is 2.17. The first-order chi connectivity index (χ1) is 8.20. The van der Waals surface area contributed by atoms with Crippen LogP contribution in [0, 0.1) is 0 Å². The molecule has 0 amide bonds. The van der Waals surface area contributed by atoms with E-state index in [4.69, 9.17) is 5.11 Å². The molecule has 1 heterocycles. The lowest BCUT2D eigenvalue weighted by molar-refractivity contribution is -0.115. The van der Waals surface area contributed by atoms with E-state index in [1.807, 2.05) is 5.32 Å². The number of nitrogens with one attached hydrogen (secondary N) is 1. The zero-order valence-corrected chi connectivity index (χ0v) is 9.75. The van der Waals surface area contributed by atoms with Gasteiger partial charge in [-0.2, -0.15) is 13.2 Å². The van der Waals surface area contributed by atoms with Crippen LogP contribution in [-0.2, 0) is 0 Å². The first-order valence-electron chi connectivity index (χ1n) is 5.11. The molecule has 0 spiro atoms. The molecular weight excluding hydrogens is 251 g/mol. The minimum absolute atomic E-state index is 0.111. The molecule has 0 aliphatic carbocycles. The Labute approximate surface area is 101 Å². The molecule has 100 valence electrons. The SMILES string of the molecule is CC(C)c1ncc(NCC(F)(F)F)c(C(=O)O)n1. The van der Waals surface area contributed by atoms with Crippen molar-refractivity contribution in [3.05, 3.63) is 17.7 Å². The summed E-state index contributed by atoms with van der Waals surface area (Å²) >= 11 is 0. The van der Waals surface area contributed by atoms with E-state index in [0.717, 1.165) is 6.20 Å². The molecule has 0 atom stereocenters. The van der Waals surface area contributed by atoms with E-state index in [2.05, 4.69) is 9.97 Å². The Kier molecular flexibility index (Phi) is 4.10. The van der Waals surface area contributed by atoms with Gasteiger partial charge in [0.25, 0.3) is 0 Å². The van der Waals surface area contributed by atoms with Crippen molar-refractivity contribution in [1.29, 1.82) is 0 Å². The number of carboxylic acid groups (broad SMARTS) is 1. The number of nitrogens with zero attached hydrogens (tertiary/aromatic N) is 2. The summed E-state index contributed by atoms with van der Waals surface area (Å²) in [5.41, 5.74) is -0.706. The summed E-state index contributed by atoms with van der Waals surface area (Å²) in [6, 6.07) is 0. The van der Waals surface area contributed by atoms with Gasteiger partial charge in [-0.1, -0.05) is 13.8 Å². The van der Waals surface area contributed by atoms with Crippen molar-refractivity contribution in [3.8, 4) is 0 Å². The number of hydrogen-bond acceptors (Lipinski definition) is 4. The number of carbonyl (C=O) groups is 1. The molecule has 0 fully saturated rings. The molecule has 0 unspecified atom stereocenters. The number of rotatable bonds is 4. The van der Waals surface area contributed by atoms with Gasteiger partial charge in [0.15, 0.2) is 5.69 Å². The van der Waals surface area contributed by atoms with Crippen LogP contribution in [0.5, 0.6) is 0 Å². The quantitative estimate of drug-likeness (QED) is 0.871. The van der Waals surface area contributed by atoms with Gasteiger partial charge in [0.1, 0.15) is 12.4 Å². The van der Waals surface area contributed by atoms with E-state index in [9.17, 15) is 18.0 Å². The molecule has 0 aliphatic rings. The molecule has 1 aromatic rings. The Bertz CT molecular complexity index is 446. The van der Waals surface area contributed by atoms with Gasteiger partial charge in [0.05, 0.1) is 11.9 Å². The van der Waals surface area contributed by atoms with Crippen molar-refractivity contribution in [1.82, 2.24) is 9.97 Å². The maximum Gasteiger partial charge on any atom is 0.405 e. The van der Waals surface area contributed by atoms with Crippen molar-refractivity contribution in [3.63, 3.8) is 0 Å². The second-order valence-corrected chi connectivity index (χ2v) is 3.92. The second kappa shape index (κ2) is 5.19. The smallest absolute Gasteiger partial charge is 0.405 e. The standard InChI is InChI=1S/C10H12F3N3O2/c1-5(2)8-14-3-6(7(16-8)9(17)18)15-4-10(11,12)13/h3,5,15H,4H2,1-2H3,(H,17,18). The van der Waals surface area contributed by atoms with Crippen molar-refractivity contribution < 1.29 is 23.1 Å². The average molecular weight is 263 g/mol. The third-order valence-electron chi connectivity index (χ3n) is 2.01. The van der Waals surface area contributed by atoms with Gasteiger partial charge in [0.2, 0.25) is 0 Å². The van der Waals surface area contributed by atoms with Crippen LogP contribution in [0.4, 0.5) is 18.9 Å². The third kappa shape index (κ3) is 3.86. The first kappa shape index (κ1) is 14.2. The van der Waals surface area contributed by atoms with Gasteiger partial charge in [-0.15, -0.1) is 0 Å². The van der Waals surface area contributed by atoms with Crippen LogP contribution >= 0.6 is 0 Å². The fourth-order valence-electron chi connectivity index (χ4n) is 1.16. The lowest BCUT2D eigenvalue weighted by Crippen LogP contribution is -2.23.